The number of ketones is 1. The summed E-state index contributed by atoms with van der Waals surface area (Å²) >= 11 is 0. The van der Waals surface area contributed by atoms with Crippen LogP contribution < -0.4 is 11.1 Å². The summed E-state index contributed by atoms with van der Waals surface area (Å²) in [6.45, 7) is -0.881. The molecule has 2 unspecified atom stereocenters. The fourth-order valence-corrected chi connectivity index (χ4v) is 2.29. The van der Waals surface area contributed by atoms with Gasteiger partial charge >= 0.3 is 7.82 Å². The fourth-order valence-electron chi connectivity index (χ4n) is 1.84. The van der Waals surface area contributed by atoms with Gasteiger partial charge in [0.2, 0.25) is 5.91 Å². The first-order valence-electron chi connectivity index (χ1n) is 6.64. The van der Waals surface area contributed by atoms with Crippen LogP contribution in [-0.4, -0.2) is 63.9 Å². The number of amides is 1. The summed E-state index contributed by atoms with van der Waals surface area (Å²) < 4.78 is 19.5. The Hall–Kier alpha value is -1.59. The van der Waals surface area contributed by atoms with Crippen molar-refractivity contribution in [2.45, 2.75) is 18.3 Å². The van der Waals surface area contributed by atoms with E-state index >= 15 is 0 Å². The van der Waals surface area contributed by atoms with E-state index in [2.05, 4.69) is 14.4 Å². The van der Waals surface area contributed by atoms with Crippen LogP contribution in [0.3, 0.4) is 0 Å². The van der Waals surface area contributed by atoms with Crippen LogP contribution in [0.15, 0.2) is 24.0 Å². The van der Waals surface area contributed by atoms with E-state index in [1.807, 2.05) is 0 Å². The Bertz CT molecular complexity index is 591. The van der Waals surface area contributed by atoms with Crippen LogP contribution in [-0.2, 0) is 23.2 Å². The first-order chi connectivity index (χ1) is 11.1. The lowest BCUT2D eigenvalue weighted by molar-refractivity contribution is -0.142. The van der Waals surface area contributed by atoms with Gasteiger partial charge < -0.3 is 31.3 Å². The molecule has 11 nitrogen and oxygen atoms in total. The molecule has 0 radical (unpaired) electrons. The highest BCUT2D eigenvalue weighted by molar-refractivity contribution is 7.47. The molecule has 1 aliphatic rings. The lowest BCUT2D eigenvalue weighted by Crippen LogP contribution is -2.47. The maximum absolute atomic E-state index is 12.2. The van der Waals surface area contributed by atoms with Gasteiger partial charge in [0.1, 0.15) is 18.3 Å². The number of aliphatic hydroxyl groups excluding tert-OH is 3. The lowest BCUT2D eigenvalue weighted by atomic mass is 9.87. The summed E-state index contributed by atoms with van der Waals surface area (Å²) in [7, 11) is -3.51. The molecule has 0 aromatic heterocycles. The number of aliphatic hydroxyl groups is 3. The van der Waals surface area contributed by atoms with Gasteiger partial charge in [-0.15, -0.1) is 0 Å². The number of phosphoric ester groups is 1. The van der Waals surface area contributed by atoms with Gasteiger partial charge in [0.15, 0.2) is 5.78 Å². The molecule has 0 aromatic carbocycles. The minimum Gasteiger partial charge on any atom is -0.388 e. The molecule has 0 fully saturated rings. The van der Waals surface area contributed by atoms with Gasteiger partial charge in [-0.1, -0.05) is 6.08 Å². The highest BCUT2D eigenvalue weighted by Gasteiger charge is 2.37. The molecule has 5 atom stereocenters. The Morgan fingerprint density at radius 1 is 1.42 bits per heavy atom. The van der Waals surface area contributed by atoms with E-state index in [0.717, 1.165) is 7.11 Å². The summed E-state index contributed by atoms with van der Waals surface area (Å²) in [5, 5.41) is 31.9. The number of hydrogen-bond acceptors (Lipinski definition) is 9. The molecule has 24 heavy (non-hydrogen) atoms. The number of nitrogens with one attached hydrogen (secondary N) is 1. The third-order valence-electron chi connectivity index (χ3n) is 3.20. The molecule has 1 aliphatic heterocycles. The molecule has 0 aliphatic carbocycles. The SMILES string of the molecule is COP(=O)(O)OC[C@@H](O)[C@@H](O)[C@@H](O)C(=O)C1C=CNC=C1C(N)=O. The van der Waals surface area contributed by atoms with Crippen LogP contribution in [0.25, 0.3) is 0 Å². The Kier molecular flexibility index (Phi) is 7.24. The second-order valence-electron chi connectivity index (χ2n) is 4.82. The summed E-state index contributed by atoms with van der Waals surface area (Å²) in [4.78, 5) is 32.5. The van der Waals surface area contributed by atoms with Crippen molar-refractivity contribution in [1.29, 1.82) is 0 Å². The van der Waals surface area contributed by atoms with Crippen LogP contribution in [0.5, 0.6) is 0 Å². The van der Waals surface area contributed by atoms with Gasteiger partial charge in [0.05, 0.1) is 12.5 Å². The lowest BCUT2D eigenvalue weighted by Gasteiger charge is -2.25. The molecule has 7 N–H and O–H groups in total. The van der Waals surface area contributed by atoms with Gasteiger partial charge in [-0.25, -0.2) is 4.57 Å². The first kappa shape index (κ1) is 20.5. The Labute approximate surface area is 137 Å². The van der Waals surface area contributed by atoms with E-state index in [4.69, 9.17) is 10.6 Å². The van der Waals surface area contributed by atoms with Crippen molar-refractivity contribution in [1.82, 2.24) is 5.32 Å². The molecule has 0 saturated carbocycles. The highest BCUT2D eigenvalue weighted by atomic mass is 31.2. The number of Topliss-reactive ketones (excluding diaryl/α,β-unsaturated/α-hetero) is 1. The van der Waals surface area contributed by atoms with Crippen LogP contribution in [0.4, 0.5) is 0 Å². The van der Waals surface area contributed by atoms with Crippen LogP contribution in [0.2, 0.25) is 0 Å². The van der Waals surface area contributed by atoms with Crippen molar-refractivity contribution in [3.05, 3.63) is 24.0 Å². The largest absolute Gasteiger partial charge is 0.472 e. The van der Waals surface area contributed by atoms with E-state index in [-0.39, 0.29) is 5.57 Å². The van der Waals surface area contributed by atoms with Crippen LogP contribution in [0, 0.1) is 5.92 Å². The zero-order valence-electron chi connectivity index (χ0n) is 12.6. The number of nitrogens with two attached hydrogens (primary N) is 1. The Morgan fingerprint density at radius 2 is 2.04 bits per heavy atom. The maximum Gasteiger partial charge on any atom is 0.472 e. The predicted molar refractivity (Wildman–Crippen MR) is 78.9 cm³/mol. The molecule has 0 spiro atoms. The average Bonchev–Trinajstić information content (AvgIpc) is 2.57. The van der Waals surface area contributed by atoms with Gasteiger partial charge in [-0.3, -0.25) is 18.6 Å². The van der Waals surface area contributed by atoms with E-state index in [1.54, 1.807) is 0 Å². The second kappa shape index (κ2) is 8.49. The predicted octanol–water partition coefficient (Wildman–Crippen LogP) is -2.50. The zero-order chi connectivity index (χ0) is 18.5. The Balaban J connectivity index is 2.75. The molecule has 0 aromatic rings. The molecule has 1 rings (SSSR count). The highest BCUT2D eigenvalue weighted by Crippen LogP contribution is 2.42. The van der Waals surface area contributed by atoms with Gasteiger partial charge in [-0.2, -0.15) is 0 Å². The minimum absolute atomic E-state index is 0.140. The number of carbonyl (C=O) groups is 2. The molecule has 1 heterocycles. The van der Waals surface area contributed by atoms with Crippen molar-refractivity contribution >= 4 is 19.5 Å². The molecule has 1 amide bonds. The molecule has 12 heteroatoms. The number of rotatable bonds is 9. The normalized spacial score (nSPS) is 23.4. The standard InChI is InChI=1S/C12H19N2O9P/c1-22-24(20,21)23-5-8(15)10(17)11(18)9(16)6-2-3-14-4-7(6)12(13)19/h2-4,6,8,10-11,14-15,17-18H,5H2,1H3,(H2,13,19)(H,20,21)/t6?,8-,10-,11+/m1/s1. The number of dihydropyridines is 1. The maximum atomic E-state index is 12.2. The molecule has 136 valence electrons. The fraction of sp³-hybridized carbons (Fsp3) is 0.500. The number of carbonyl (C=O) groups excluding carboxylic acids is 2. The van der Waals surface area contributed by atoms with Gasteiger partial charge in [-0.05, 0) is 6.20 Å². The van der Waals surface area contributed by atoms with Crippen LogP contribution in [0.1, 0.15) is 0 Å². The Morgan fingerprint density at radius 3 is 2.58 bits per heavy atom. The summed E-state index contributed by atoms with van der Waals surface area (Å²) in [5.74, 6) is -3.12. The minimum atomic E-state index is -4.40. The molecular weight excluding hydrogens is 347 g/mol. The van der Waals surface area contributed by atoms with E-state index in [0.29, 0.717) is 0 Å². The molecule has 0 saturated heterocycles. The van der Waals surface area contributed by atoms with Crippen molar-refractivity contribution in [2.24, 2.45) is 11.7 Å². The van der Waals surface area contributed by atoms with Gasteiger partial charge in [0, 0.05) is 18.9 Å². The van der Waals surface area contributed by atoms with E-state index in [9.17, 15) is 29.5 Å². The molecule has 0 bridgehead atoms. The van der Waals surface area contributed by atoms with Crippen molar-refractivity contribution < 1.29 is 43.4 Å². The monoisotopic (exact) mass is 366 g/mol. The topological polar surface area (TPSA) is 189 Å². The van der Waals surface area contributed by atoms with Crippen molar-refractivity contribution in [3.8, 4) is 0 Å². The smallest absolute Gasteiger partial charge is 0.388 e. The summed E-state index contributed by atoms with van der Waals surface area (Å²) in [6.07, 6.45) is -2.26. The number of hydrogen-bond donors (Lipinski definition) is 6. The number of phosphoric acid groups is 1. The molecular formula is C12H19N2O9P. The number of primary amides is 1. The van der Waals surface area contributed by atoms with Crippen molar-refractivity contribution in [3.63, 3.8) is 0 Å². The van der Waals surface area contributed by atoms with Crippen LogP contribution >= 0.6 is 7.82 Å². The third kappa shape index (κ3) is 5.21. The number of allylic oxidation sites excluding steroid dienone is 1. The average molecular weight is 366 g/mol. The first-order valence-corrected chi connectivity index (χ1v) is 8.14. The quantitative estimate of drug-likeness (QED) is 0.238. The second-order valence-corrected chi connectivity index (χ2v) is 6.38. The summed E-state index contributed by atoms with van der Waals surface area (Å²) in [5.41, 5.74) is 4.98. The zero-order valence-corrected chi connectivity index (χ0v) is 13.5. The van der Waals surface area contributed by atoms with Gasteiger partial charge in [0.25, 0.3) is 0 Å². The van der Waals surface area contributed by atoms with E-state index < -0.39 is 50.3 Å². The third-order valence-corrected chi connectivity index (χ3v) is 4.14. The van der Waals surface area contributed by atoms with E-state index in [1.165, 1.54) is 18.5 Å². The summed E-state index contributed by atoms with van der Waals surface area (Å²) in [6, 6.07) is 0. The van der Waals surface area contributed by atoms with Crippen molar-refractivity contribution in [2.75, 3.05) is 13.7 Å².